The molecular formula is C16H33NS4. The molecule has 0 bridgehead atoms. The monoisotopic (exact) mass is 367 g/mol. The third kappa shape index (κ3) is 10.7. The molecule has 0 radical (unpaired) electrons. The molecule has 1 saturated heterocycles. The molecule has 0 saturated carbocycles. The summed E-state index contributed by atoms with van der Waals surface area (Å²) in [6.45, 7) is 9.34. The Bertz CT molecular complexity index is 241. The summed E-state index contributed by atoms with van der Waals surface area (Å²) >= 11 is 8.56. The van der Waals surface area contributed by atoms with E-state index in [9.17, 15) is 0 Å². The highest BCUT2D eigenvalue weighted by Crippen LogP contribution is 2.21. The minimum Gasteiger partial charge on any atom is -0.309 e. The van der Waals surface area contributed by atoms with Gasteiger partial charge in [0, 0.05) is 46.6 Å². The second-order valence-corrected chi connectivity index (χ2v) is 11.4. The summed E-state index contributed by atoms with van der Waals surface area (Å²) in [5.41, 5.74) is 0.347. The summed E-state index contributed by atoms with van der Waals surface area (Å²) in [5.74, 6) is 10.5. The molecular weight excluding hydrogens is 334 g/mol. The first-order valence-electron chi connectivity index (χ1n) is 8.07. The van der Waals surface area contributed by atoms with Crippen LogP contribution in [0, 0.1) is 5.41 Å². The molecule has 5 heteroatoms. The Morgan fingerprint density at radius 3 is 1.76 bits per heavy atom. The molecule has 0 aromatic heterocycles. The normalized spacial score (nSPS) is 23.4. The Morgan fingerprint density at radius 1 is 0.810 bits per heavy atom. The minimum absolute atomic E-state index is 0.347. The molecule has 126 valence electrons. The summed E-state index contributed by atoms with van der Waals surface area (Å²) in [4.78, 5) is 0. The first-order valence-corrected chi connectivity index (χ1v) is 12.7. The predicted octanol–water partition coefficient (Wildman–Crippen LogP) is 4.72. The maximum atomic E-state index is 3.88. The van der Waals surface area contributed by atoms with E-state index in [4.69, 9.17) is 0 Å². The quantitative estimate of drug-likeness (QED) is 0.756. The molecule has 1 unspecified atom stereocenters. The third-order valence-corrected chi connectivity index (χ3v) is 8.66. The first-order chi connectivity index (χ1) is 10.00. The SMILES string of the molecule is CC(NC1CSCCSCCCSCCSC1)C(C)(C)C. The van der Waals surface area contributed by atoms with Crippen molar-refractivity contribution in [3.63, 3.8) is 0 Å². The van der Waals surface area contributed by atoms with E-state index in [0.717, 1.165) is 0 Å². The second kappa shape index (κ2) is 11.8. The van der Waals surface area contributed by atoms with Crippen LogP contribution in [0.5, 0.6) is 0 Å². The van der Waals surface area contributed by atoms with Crippen LogP contribution in [0.3, 0.4) is 0 Å². The molecule has 0 amide bonds. The van der Waals surface area contributed by atoms with Crippen molar-refractivity contribution in [1.29, 1.82) is 0 Å². The van der Waals surface area contributed by atoms with E-state index in [2.05, 4.69) is 80.1 Å². The van der Waals surface area contributed by atoms with E-state index in [0.29, 0.717) is 17.5 Å². The van der Waals surface area contributed by atoms with Gasteiger partial charge in [-0.3, -0.25) is 0 Å². The number of rotatable bonds is 2. The van der Waals surface area contributed by atoms with Crippen LogP contribution < -0.4 is 5.32 Å². The highest BCUT2D eigenvalue weighted by molar-refractivity contribution is 8.04. The van der Waals surface area contributed by atoms with Crippen LogP contribution in [-0.4, -0.2) is 58.1 Å². The van der Waals surface area contributed by atoms with Gasteiger partial charge in [-0.2, -0.15) is 47.0 Å². The topological polar surface area (TPSA) is 12.0 Å². The van der Waals surface area contributed by atoms with E-state index in [-0.39, 0.29) is 0 Å². The Kier molecular flexibility index (Phi) is 11.5. The van der Waals surface area contributed by atoms with E-state index in [1.807, 2.05) is 0 Å². The first kappa shape index (κ1) is 20.4. The third-order valence-electron chi connectivity index (χ3n) is 3.74. The van der Waals surface area contributed by atoms with Crippen molar-refractivity contribution in [3.05, 3.63) is 0 Å². The summed E-state index contributed by atoms with van der Waals surface area (Å²) in [7, 11) is 0. The van der Waals surface area contributed by atoms with Gasteiger partial charge in [-0.25, -0.2) is 0 Å². The number of thioether (sulfide) groups is 4. The fraction of sp³-hybridized carbons (Fsp3) is 1.00. The molecule has 0 aromatic rings. The van der Waals surface area contributed by atoms with Crippen LogP contribution in [0.1, 0.15) is 34.1 Å². The Labute approximate surface area is 149 Å². The highest BCUT2D eigenvalue weighted by Gasteiger charge is 2.22. The maximum absolute atomic E-state index is 3.88. The highest BCUT2D eigenvalue weighted by atomic mass is 32.2. The molecule has 0 aliphatic carbocycles. The molecule has 1 fully saturated rings. The summed E-state index contributed by atoms with van der Waals surface area (Å²) in [6.07, 6.45) is 1.39. The Balaban J connectivity index is 2.38. The van der Waals surface area contributed by atoms with E-state index in [1.165, 1.54) is 52.4 Å². The van der Waals surface area contributed by atoms with E-state index < -0.39 is 0 Å². The van der Waals surface area contributed by atoms with Crippen molar-refractivity contribution in [2.45, 2.75) is 46.2 Å². The van der Waals surface area contributed by atoms with Gasteiger partial charge in [0.25, 0.3) is 0 Å². The zero-order chi connectivity index (χ0) is 15.6. The van der Waals surface area contributed by atoms with Gasteiger partial charge in [0.15, 0.2) is 0 Å². The van der Waals surface area contributed by atoms with Gasteiger partial charge in [-0.1, -0.05) is 20.8 Å². The lowest BCUT2D eigenvalue weighted by Gasteiger charge is -2.32. The number of hydrogen-bond donors (Lipinski definition) is 1. The summed E-state index contributed by atoms with van der Waals surface area (Å²) in [5, 5.41) is 3.88. The lowest BCUT2D eigenvalue weighted by Crippen LogP contribution is -2.46. The van der Waals surface area contributed by atoms with Crippen LogP contribution in [0.15, 0.2) is 0 Å². The van der Waals surface area contributed by atoms with Crippen molar-refractivity contribution in [1.82, 2.24) is 5.32 Å². The molecule has 1 nitrogen and oxygen atoms in total. The van der Waals surface area contributed by atoms with Crippen molar-refractivity contribution in [2.75, 3.05) is 46.0 Å². The molecule has 21 heavy (non-hydrogen) atoms. The van der Waals surface area contributed by atoms with Gasteiger partial charge < -0.3 is 5.32 Å². The van der Waals surface area contributed by atoms with Gasteiger partial charge in [0.05, 0.1) is 0 Å². The molecule has 1 aliphatic rings. The molecule has 1 rings (SSSR count). The van der Waals surface area contributed by atoms with Crippen LogP contribution in [0.2, 0.25) is 0 Å². The average Bonchev–Trinajstić information content (AvgIpc) is 2.41. The van der Waals surface area contributed by atoms with Crippen LogP contribution in [-0.2, 0) is 0 Å². The Morgan fingerprint density at radius 2 is 1.29 bits per heavy atom. The molecule has 1 heterocycles. The molecule has 1 aliphatic heterocycles. The minimum atomic E-state index is 0.347. The fourth-order valence-corrected chi connectivity index (χ4v) is 6.56. The zero-order valence-electron chi connectivity index (χ0n) is 14.2. The van der Waals surface area contributed by atoms with Gasteiger partial charge in [-0.05, 0) is 30.3 Å². The number of nitrogens with one attached hydrogen (secondary N) is 1. The summed E-state index contributed by atoms with van der Waals surface area (Å²) in [6, 6.07) is 1.23. The predicted molar refractivity (Wildman–Crippen MR) is 110 cm³/mol. The lowest BCUT2D eigenvalue weighted by molar-refractivity contribution is 0.274. The summed E-state index contributed by atoms with van der Waals surface area (Å²) < 4.78 is 0. The van der Waals surface area contributed by atoms with E-state index >= 15 is 0 Å². The molecule has 1 atom stereocenters. The lowest BCUT2D eigenvalue weighted by atomic mass is 9.88. The standard InChI is InChI=1S/C16H33NS4/c1-14(16(2,3)4)17-15-12-20-10-8-18-6-5-7-19-9-11-21-13-15/h14-15,17H,5-13H2,1-4H3. The van der Waals surface area contributed by atoms with Crippen LogP contribution in [0.4, 0.5) is 0 Å². The van der Waals surface area contributed by atoms with E-state index in [1.54, 1.807) is 0 Å². The van der Waals surface area contributed by atoms with Crippen molar-refractivity contribution < 1.29 is 0 Å². The average molecular weight is 368 g/mol. The zero-order valence-corrected chi connectivity index (χ0v) is 17.4. The van der Waals surface area contributed by atoms with Crippen LogP contribution >= 0.6 is 47.0 Å². The smallest absolute Gasteiger partial charge is 0.0251 e. The van der Waals surface area contributed by atoms with Gasteiger partial charge in [0.1, 0.15) is 0 Å². The Hall–Kier alpha value is 1.36. The van der Waals surface area contributed by atoms with Crippen LogP contribution in [0.25, 0.3) is 0 Å². The largest absolute Gasteiger partial charge is 0.309 e. The van der Waals surface area contributed by atoms with Gasteiger partial charge in [-0.15, -0.1) is 0 Å². The second-order valence-electron chi connectivity index (χ2n) is 6.68. The maximum Gasteiger partial charge on any atom is 0.0251 e. The fourth-order valence-electron chi connectivity index (χ4n) is 1.90. The van der Waals surface area contributed by atoms with Gasteiger partial charge in [0.2, 0.25) is 0 Å². The van der Waals surface area contributed by atoms with Crippen molar-refractivity contribution >= 4 is 47.0 Å². The van der Waals surface area contributed by atoms with Gasteiger partial charge >= 0.3 is 0 Å². The molecule has 0 aromatic carbocycles. The number of hydrogen-bond acceptors (Lipinski definition) is 5. The van der Waals surface area contributed by atoms with Crippen molar-refractivity contribution in [3.8, 4) is 0 Å². The van der Waals surface area contributed by atoms with Crippen molar-refractivity contribution in [2.24, 2.45) is 5.41 Å². The molecule has 0 spiro atoms. The molecule has 1 N–H and O–H groups in total.